The predicted octanol–water partition coefficient (Wildman–Crippen LogP) is 5.95. The van der Waals surface area contributed by atoms with Crippen molar-refractivity contribution in [1.29, 1.82) is 0 Å². The number of hydrogen-bond acceptors (Lipinski definition) is 2. The maximum Gasteiger partial charge on any atom is 0.137 e. The molecular formula is C16H16Cl2FNS. The van der Waals surface area contributed by atoms with Gasteiger partial charge in [0.1, 0.15) is 5.82 Å². The topological polar surface area (TPSA) is 12.0 Å². The van der Waals surface area contributed by atoms with Gasteiger partial charge in [0.15, 0.2) is 0 Å². The molecule has 1 unspecified atom stereocenters. The van der Waals surface area contributed by atoms with Crippen LogP contribution in [-0.4, -0.2) is 6.54 Å². The first-order chi connectivity index (χ1) is 10.0. The van der Waals surface area contributed by atoms with Crippen LogP contribution in [0.4, 0.5) is 4.39 Å². The average molecular weight is 344 g/mol. The Morgan fingerprint density at radius 2 is 1.95 bits per heavy atom. The molecule has 2 aromatic carbocycles. The van der Waals surface area contributed by atoms with Crippen LogP contribution in [0.3, 0.4) is 0 Å². The molecule has 0 spiro atoms. The van der Waals surface area contributed by atoms with E-state index in [4.69, 9.17) is 23.2 Å². The minimum atomic E-state index is -0.228. The fraction of sp³-hybridized carbons (Fsp3) is 0.250. The molecular weight excluding hydrogens is 328 g/mol. The van der Waals surface area contributed by atoms with E-state index in [1.807, 2.05) is 26.0 Å². The summed E-state index contributed by atoms with van der Waals surface area (Å²) in [5.41, 5.74) is 0.938. The molecule has 2 rings (SSSR count). The van der Waals surface area contributed by atoms with Crippen molar-refractivity contribution in [3.05, 3.63) is 57.8 Å². The first-order valence-corrected chi connectivity index (χ1v) is 8.25. The Balaban J connectivity index is 2.36. The Morgan fingerprint density at radius 1 is 1.19 bits per heavy atom. The summed E-state index contributed by atoms with van der Waals surface area (Å²) in [7, 11) is 0. The van der Waals surface area contributed by atoms with Gasteiger partial charge in [-0.25, -0.2) is 4.39 Å². The zero-order valence-electron chi connectivity index (χ0n) is 11.8. The van der Waals surface area contributed by atoms with Gasteiger partial charge in [-0.2, -0.15) is 0 Å². The number of rotatable bonds is 5. The molecule has 0 aliphatic rings. The maximum atomic E-state index is 14.2. The lowest BCUT2D eigenvalue weighted by Gasteiger charge is -2.17. The molecule has 1 N–H and O–H groups in total. The Kier molecular flexibility index (Phi) is 5.94. The zero-order valence-corrected chi connectivity index (χ0v) is 14.1. The third kappa shape index (κ3) is 4.13. The van der Waals surface area contributed by atoms with Crippen molar-refractivity contribution in [1.82, 2.24) is 5.32 Å². The average Bonchev–Trinajstić information content (AvgIpc) is 2.45. The van der Waals surface area contributed by atoms with E-state index < -0.39 is 0 Å². The standard InChI is InChI=1S/C16H16Cl2FNS/c1-3-20-10(2)12-5-4-6-15(19)16(12)21-11-7-8-13(17)14(18)9-11/h4-10,20H,3H2,1-2H3. The molecule has 5 heteroatoms. The molecule has 21 heavy (non-hydrogen) atoms. The molecule has 1 atom stereocenters. The first kappa shape index (κ1) is 16.6. The van der Waals surface area contributed by atoms with Gasteiger partial charge in [-0.1, -0.05) is 54.0 Å². The molecule has 0 bridgehead atoms. The van der Waals surface area contributed by atoms with Gasteiger partial charge in [-0.3, -0.25) is 0 Å². The van der Waals surface area contributed by atoms with Crippen LogP contribution in [0.2, 0.25) is 10.0 Å². The van der Waals surface area contributed by atoms with Crippen molar-refractivity contribution in [2.24, 2.45) is 0 Å². The van der Waals surface area contributed by atoms with E-state index in [0.29, 0.717) is 14.9 Å². The highest BCUT2D eigenvalue weighted by atomic mass is 35.5. The number of hydrogen-bond donors (Lipinski definition) is 1. The van der Waals surface area contributed by atoms with Crippen LogP contribution in [0.25, 0.3) is 0 Å². The van der Waals surface area contributed by atoms with Crippen LogP contribution >= 0.6 is 35.0 Å². The quantitative estimate of drug-likeness (QED) is 0.719. The Morgan fingerprint density at radius 3 is 2.62 bits per heavy atom. The fourth-order valence-electron chi connectivity index (χ4n) is 2.05. The Labute approximate surface area is 138 Å². The highest BCUT2D eigenvalue weighted by Gasteiger charge is 2.15. The highest BCUT2D eigenvalue weighted by Crippen LogP contribution is 2.37. The molecule has 0 fully saturated rings. The van der Waals surface area contributed by atoms with E-state index in [0.717, 1.165) is 17.0 Å². The van der Waals surface area contributed by atoms with Crippen molar-refractivity contribution in [2.45, 2.75) is 29.7 Å². The molecule has 0 aromatic heterocycles. The summed E-state index contributed by atoms with van der Waals surface area (Å²) < 4.78 is 14.2. The van der Waals surface area contributed by atoms with Crippen LogP contribution in [0.1, 0.15) is 25.5 Å². The van der Waals surface area contributed by atoms with Gasteiger partial charge in [0.2, 0.25) is 0 Å². The molecule has 0 amide bonds. The van der Waals surface area contributed by atoms with Gasteiger partial charge in [0, 0.05) is 10.9 Å². The summed E-state index contributed by atoms with van der Waals surface area (Å²) in [6.45, 7) is 4.88. The minimum Gasteiger partial charge on any atom is -0.310 e. The van der Waals surface area contributed by atoms with Crippen molar-refractivity contribution >= 4 is 35.0 Å². The van der Waals surface area contributed by atoms with Crippen molar-refractivity contribution in [2.75, 3.05) is 6.54 Å². The third-order valence-corrected chi connectivity index (χ3v) is 4.95. The van der Waals surface area contributed by atoms with E-state index in [2.05, 4.69) is 5.32 Å². The summed E-state index contributed by atoms with van der Waals surface area (Å²) in [6.07, 6.45) is 0. The monoisotopic (exact) mass is 343 g/mol. The van der Waals surface area contributed by atoms with Gasteiger partial charge in [-0.15, -0.1) is 0 Å². The van der Waals surface area contributed by atoms with Crippen LogP contribution < -0.4 is 5.32 Å². The van der Waals surface area contributed by atoms with Gasteiger partial charge in [0.25, 0.3) is 0 Å². The second-order valence-electron chi connectivity index (χ2n) is 4.62. The molecule has 0 aliphatic heterocycles. The van der Waals surface area contributed by atoms with E-state index in [1.165, 1.54) is 17.8 Å². The SMILES string of the molecule is CCNC(C)c1cccc(F)c1Sc1ccc(Cl)c(Cl)c1. The van der Waals surface area contributed by atoms with Crippen LogP contribution in [0, 0.1) is 5.82 Å². The number of halogens is 3. The summed E-state index contributed by atoms with van der Waals surface area (Å²) in [4.78, 5) is 1.48. The Hall–Kier alpha value is -0.740. The van der Waals surface area contributed by atoms with Crippen LogP contribution in [0.15, 0.2) is 46.2 Å². The summed E-state index contributed by atoms with van der Waals surface area (Å²) in [6, 6.07) is 10.5. The lowest BCUT2D eigenvalue weighted by Crippen LogP contribution is -2.18. The number of benzene rings is 2. The molecule has 0 aliphatic carbocycles. The first-order valence-electron chi connectivity index (χ1n) is 6.67. The Bertz CT molecular complexity index is 634. The number of nitrogens with one attached hydrogen (secondary N) is 1. The molecule has 2 aromatic rings. The summed E-state index contributed by atoms with van der Waals surface area (Å²) in [5, 5.41) is 4.28. The predicted molar refractivity (Wildman–Crippen MR) is 89.1 cm³/mol. The molecule has 0 radical (unpaired) electrons. The van der Waals surface area contributed by atoms with E-state index in [-0.39, 0.29) is 11.9 Å². The van der Waals surface area contributed by atoms with Gasteiger partial charge >= 0.3 is 0 Å². The van der Waals surface area contributed by atoms with E-state index in [1.54, 1.807) is 18.2 Å². The lowest BCUT2D eigenvalue weighted by molar-refractivity contribution is 0.558. The van der Waals surface area contributed by atoms with Gasteiger partial charge in [0.05, 0.1) is 14.9 Å². The molecule has 0 heterocycles. The van der Waals surface area contributed by atoms with Crippen LogP contribution in [0.5, 0.6) is 0 Å². The van der Waals surface area contributed by atoms with Crippen molar-refractivity contribution < 1.29 is 4.39 Å². The summed E-state index contributed by atoms with van der Waals surface area (Å²) in [5.74, 6) is -0.228. The van der Waals surface area contributed by atoms with Gasteiger partial charge < -0.3 is 5.32 Å². The van der Waals surface area contributed by atoms with E-state index in [9.17, 15) is 4.39 Å². The molecule has 0 saturated heterocycles. The fourth-order valence-corrected chi connectivity index (χ4v) is 3.49. The second kappa shape index (κ2) is 7.50. The maximum absolute atomic E-state index is 14.2. The van der Waals surface area contributed by atoms with Gasteiger partial charge in [-0.05, 0) is 43.3 Å². The van der Waals surface area contributed by atoms with Crippen molar-refractivity contribution in [3.63, 3.8) is 0 Å². The van der Waals surface area contributed by atoms with Crippen molar-refractivity contribution in [3.8, 4) is 0 Å². The van der Waals surface area contributed by atoms with E-state index >= 15 is 0 Å². The largest absolute Gasteiger partial charge is 0.310 e. The minimum absolute atomic E-state index is 0.0796. The zero-order chi connectivity index (χ0) is 15.4. The highest BCUT2D eigenvalue weighted by molar-refractivity contribution is 7.99. The normalized spacial score (nSPS) is 12.4. The summed E-state index contributed by atoms with van der Waals surface area (Å²) >= 11 is 13.3. The molecule has 0 saturated carbocycles. The lowest BCUT2D eigenvalue weighted by atomic mass is 10.1. The molecule has 1 nitrogen and oxygen atoms in total. The van der Waals surface area contributed by atoms with Crippen LogP contribution in [-0.2, 0) is 0 Å². The second-order valence-corrected chi connectivity index (χ2v) is 6.51. The smallest absolute Gasteiger partial charge is 0.137 e. The third-order valence-electron chi connectivity index (χ3n) is 3.09. The molecule has 112 valence electrons.